The monoisotopic (exact) mass is 518 g/mol. The van der Waals surface area contributed by atoms with Crippen LogP contribution in [-0.2, 0) is 12.8 Å². The van der Waals surface area contributed by atoms with Gasteiger partial charge in [-0.15, -0.1) is 0 Å². The van der Waals surface area contributed by atoms with Gasteiger partial charge in [0.1, 0.15) is 0 Å². The standard InChI is InChI=1S/C39H50/c1-26-20-28(3)36(23-30-12-9-8-10-13-30)38(21-26)34-15-11-14-33-22-31(25-37(33)34)24-35-27(2)16-17-32(29(35)4)18-19-39(5,6)7/h11,14-17,20-22,30,32,35H,2,4,8-10,12-13,18-19,23-25H2,1,3,5-7H3. The van der Waals surface area contributed by atoms with Crippen molar-refractivity contribution >= 4 is 6.08 Å². The summed E-state index contributed by atoms with van der Waals surface area (Å²) in [5.74, 6) is 1.66. The van der Waals surface area contributed by atoms with Crippen LogP contribution in [0.3, 0.4) is 0 Å². The summed E-state index contributed by atoms with van der Waals surface area (Å²) in [5.41, 5.74) is 14.8. The van der Waals surface area contributed by atoms with Gasteiger partial charge < -0.3 is 0 Å². The predicted molar refractivity (Wildman–Crippen MR) is 171 cm³/mol. The molecular weight excluding hydrogens is 468 g/mol. The minimum Gasteiger partial charge on any atom is -0.0986 e. The SMILES string of the molecule is C=C1C=CC(CCC(C)(C)C)C(=C)C1CC1=Cc2cccc(-c3cc(C)cc(C)c3CC3CCCCC3)c2C1. The second-order valence-electron chi connectivity index (χ2n) is 14.1. The molecule has 0 heteroatoms. The molecule has 0 heterocycles. The summed E-state index contributed by atoms with van der Waals surface area (Å²) in [6, 6.07) is 11.9. The maximum absolute atomic E-state index is 4.63. The lowest BCUT2D eigenvalue weighted by atomic mass is 9.73. The third-order valence-electron chi connectivity index (χ3n) is 9.69. The third kappa shape index (κ3) is 6.42. The molecule has 0 bridgehead atoms. The number of rotatable bonds is 7. The van der Waals surface area contributed by atoms with Crippen LogP contribution in [0.5, 0.6) is 0 Å². The molecule has 1 saturated carbocycles. The Morgan fingerprint density at radius 3 is 2.44 bits per heavy atom. The molecule has 0 aliphatic heterocycles. The Morgan fingerprint density at radius 1 is 0.923 bits per heavy atom. The van der Waals surface area contributed by atoms with Crippen molar-refractivity contribution in [2.24, 2.45) is 23.2 Å². The minimum atomic E-state index is 0.354. The Morgan fingerprint density at radius 2 is 1.69 bits per heavy atom. The van der Waals surface area contributed by atoms with Crippen LogP contribution in [-0.4, -0.2) is 0 Å². The van der Waals surface area contributed by atoms with Crippen LogP contribution in [0.4, 0.5) is 0 Å². The average Bonchev–Trinajstić information content (AvgIpc) is 3.30. The summed E-state index contributed by atoms with van der Waals surface area (Å²) in [6.45, 7) is 20.7. The van der Waals surface area contributed by atoms with E-state index in [-0.39, 0.29) is 0 Å². The molecule has 0 nitrogen and oxygen atoms in total. The topological polar surface area (TPSA) is 0 Å². The van der Waals surface area contributed by atoms with Crippen LogP contribution < -0.4 is 0 Å². The number of aryl methyl sites for hydroxylation is 2. The van der Waals surface area contributed by atoms with Crippen molar-refractivity contribution in [3.63, 3.8) is 0 Å². The molecule has 2 aromatic rings. The molecule has 3 aliphatic rings. The Kier molecular flexibility index (Phi) is 8.23. The number of fused-ring (bicyclic) bond motifs is 1. The van der Waals surface area contributed by atoms with Crippen LogP contribution >= 0.6 is 0 Å². The van der Waals surface area contributed by atoms with Crippen molar-refractivity contribution in [1.29, 1.82) is 0 Å². The zero-order chi connectivity index (χ0) is 27.7. The Hall–Kier alpha value is -2.60. The van der Waals surface area contributed by atoms with E-state index in [0.29, 0.717) is 17.3 Å². The molecule has 2 unspecified atom stereocenters. The molecule has 39 heavy (non-hydrogen) atoms. The fourth-order valence-electron chi connectivity index (χ4n) is 7.38. The second kappa shape index (κ2) is 11.5. The smallest absolute Gasteiger partial charge is 0.00827 e. The number of hydrogen-bond donors (Lipinski definition) is 0. The Bertz CT molecular complexity index is 1300. The average molecular weight is 519 g/mol. The fraction of sp³-hybridized carbons (Fsp3) is 0.487. The van der Waals surface area contributed by atoms with E-state index in [4.69, 9.17) is 0 Å². The summed E-state index contributed by atoms with van der Waals surface area (Å²) in [4.78, 5) is 0. The molecule has 2 aromatic carbocycles. The lowest BCUT2D eigenvalue weighted by Crippen LogP contribution is -2.19. The largest absolute Gasteiger partial charge is 0.0986 e. The van der Waals surface area contributed by atoms with Gasteiger partial charge in [-0.2, -0.15) is 0 Å². The molecule has 0 spiro atoms. The highest BCUT2D eigenvalue weighted by atomic mass is 14.3. The molecule has 2 atom stereocenters. The third-order valence-corrected chi connectivity index (χ3v) is 9.69. The van der Waals surface area contributed by atoms with E-state index in [1.165, 1.54) is 101 Å². The summed E-state index contributed by atoms with van der Waals surface area (Å²) < 4.78 is 0. The molecular formula is C39H50. The molecule has 0 amide bonds. The first-order valence-electron chi connectivity index (χ1n) is 15.6. The summed E-state index contributed by atoms with van der Waals surface area (Å²) in [7, 11) is 0. The normalized spacial score (nSPS) is 21.8. The lowest BCUT2D eigenvalue weighted by Gasteiger charge is -2.32. The van der Waals surface area contributed by atoms with E-state index in [9.17, 15) is 0 Å². The highest BCUT2D eigenvalue weighted by Gasteiger charge is 2.29. The van der Waals surface area contributed by atoms with Gasteiger partial charge in [-0.1, -0.05) is 131 Å². The van der Waals surface area contributed by atoms with Crippen molar-refractivity contribution in [2.75, 3.05) is 0 Å². The number of benzene rings is 2. The number of hydrogen-bond acceptors (Lipinski definition) is 0. The minimum absolute atomic E-state index is 0.354. The van der Waals surface area contributed by atoms with Gasteiger partial charge in [-0.25, -0.2) is 0 Å². The molecule has 206 valence electrons. The summed E-state index contributed by atoms with van der Waals surface area (Å²) >= 11 is 0. The van der Waals surface area contributed by atoms with Crippen molar-refractivity contribution in [3.05, 3.63) is 100 Å². The van der Waals surface area contributed by atoms with Gasteiger partial charge in [0.05, 0.1) is 0 Å². The van der Waals surface area contributed by atoms with Gasteiger partial charge in [-0.3, -0.25) is 0 Å². The van der Waals surface area contributed by atoms with Crippen molar-refractivity contribution in [1.82, 2.24) is 0 Å². The first kappa shape index (κ1) is 27.9. The Balaban J connectivity index is 1.38. The zero-order valence-electron chi connectivity index (χ0n) is 25.3. The lowest BCUT2D eigenvalue weighted by molar-refractivity contribution is 0.345. The van der Waals surface area contributed by atoms with Crippen LogP contribution in [0.1, 0.15) is 100.0 Å². The van der Waals surface area contributed by atoms with Gasteiger partial charge in [0.15, 0.2) is 0 Å². The van der Waals surface area contributed by atoms with Gasteiger partial charge in [-0.05, 0) is 102 Å². The first-order chi connectivity index (χ1) is 18.6. The molecule has 3 aliphatic carbocycles. The number of allylic oxidation sites excluding steroid dienone is 5. The Labute approximate surface area is 239 Å². The molecule has 0 saturated heterocycles. The molecule has 1 fully saturated rings. The van der Waals surface area contributed by atoms with Gasteiger partial charge in [0.2, 0.25) is 0 Å². The van der Waals surface area contributed by atoms with Gasteiger partial charge in [0.25, 0.3) is 0 Å². The van der Waals surface area contributed by atoms with Crippen molar-refractivity contribution < 1.29 is 0 Å². The quantitative estimate of drug-likeness (QED) is 0.320. The molecule has 0 N–H and O–H groups in total. The van der Waals surface area contributed by atoms with Crippen LogP contribution in [0, 0.1) is 37.0 Å². The van der Waals surface area contributed by atoms with Crippen LogP contribution in [0.25, 0.3) is 17.2 Å². The molecule has 0 radical (unpaired) electrons. The highest BCUT2D eigenvalue weighted by Crippen LogP contribution is 2.44. The van der Waals surface area contributed by atoms with Crippen molar-refractivity contribution in [3.8, 4) is 11.1 Å². The van der Waals surface area contributed by atoms with E-state index < -0.39 is 0 Å². The van der Waals surface area contributed by atoms with E-state index in [0.717, 1.165) is 18.8 Å². The second-order valence-corrected chi connectivity index (χ2v) is 14.1. The van der Waals surface area contributed by atoms with E-state index in [1.807, 2.05) is 0 Å². The van der Waals surface area contributed by atoms with Crippen LogP contribution in [0.15, 0.2) is 72.4 Å². The first-order valence-corrected chi connectivity index (χ1v) is 15.6. The molecule has 5 rings (SSSR count). The van der Waals surface area contributed by atoms with E-state index >= 15 is 0 Å². The molecule has 0 aromatic heterocycles. The van der Waals surface area contributed by atoms with Crippen molar-refractivity contribution in [2.45, 2.75) is 98.8 Å². The highest BCUT2D eigenvalue weighted by molar-refractivity contribution is 5.80. The maximum Gasteiger partial charge on any atom is 0.00827 e. The predicted octanol–water partition coefficient (Wildman–Crippen LogP) is 11.2. The van der Waals surface area contributed by atoms with Gasteiger partial charge in [0, 0.05) is 5.92 Å². The fourth-order valence-corrected chi connectivity index (χ4v) is 7.38. The summed E-state index contributed by atoms with van der Waals surface area (Å²) in [6.07, 6.45) is 19.9. The summed E-state index contributed by atoms with van der Waals surface area (Å²) in [5, 5.41) is 0. The zero-order valence-corrected chi connectivity index (χ0v) is 25.3. The maximum atomic E-state index is 4.63. The van der Waals surface area contributed by atoms with E-state index in [1.54, 1.807) is 5.56 Å². The van der Waals surface area contributed by atoms with Gasteiger partial charge >= 0.3 is 0 Å². The van der Waals surface area contributed by atoms with Crippen LogP contribution in [0.2, 0.25) is 0 Å². The van der Waals surface area contributed by atoms with E-state index in [2.05, 4.69) is 96.3 Å².